The predicted molar refractivity (Wildman–Crippen MR) is 51.9 cm³/mol. The summed E-state index contributed by atoms with van der Waals surface area (Å²) >= 11 is 0. The van der Waals surface area contributed by atoms with Crippen LogP contribution in [-0.2, 0) is 11.3 Å². The molecule has 1 N–H and O–H groups in total. The molecule has 0 fully saturated rings. The van der Waals surface area contributed by atoms with E-state index in [-0.39, 0.29) is 11.5 Å². The van der Waals surface area contributed by atoms with Crippen LogP contribution in [0.2, 0.25) is 0 Å². The highest BCUT2D eigenvalue weighted by atomic mass is 16.5. The molecule has 0 aliphatic heterocycles. The van der Waals surface area contributed by atoms with Gasteiger partial charge < -0.3 is 18.8 Å². The second-order valence-corrected chi connectivity index (χ2v) is 3.08. The van der Waals surface area contributed by atoms with Crippen LogP contribution >= 0.6 is 0 Å². The Hall–Kier alpha value is -2.08. The fourth-order valence-electron chi connectivity index (χ4n) is 1.22. The zero-order chi connectivity index (χ0) is 11.5. The highest BCUT2D eigenvalue weighted by Gasteiger charge is 2.14. The molecule has 0 aliphatic carbocycles. The van der Waals surface area contributed by atoms with Gasteiger partial charge >= 0.3 is 5.97 Å². The summed E-state index contributed by atoms with van der Waals surface area (Å²) in [7, 11) is 1.55. The van der Waals surface area contributed by atoms with E-state index >= 15 is 0 Å². The predicted octanol–water partition coefficient (Wildman–Crippen LogP) is 1.78. The zero-order valence-electron chi connectivity index (χ0n) is 8.47. The van der Waals surface area contributed by atoms with Crippen LogP contribution in [0.1, 0.15) is 16.2 Å². The van der Waals surface area contributed by atoms with Gasteiger partial charge in [-0.25, -0.2) is 4.79 Å². The lowest BCUT2D eigenvalue weighted by atomic mass is 10.3. The van der Waals surface area contributed by atoms with Gasteiger partial charge in [0.1, 0.15) is 12.4 Å². The van der Waals surface area contributed by atoms with E-state index in [4.69, 9.17) is 18.8 Å². The molecular weight excluding hydrogens is 214 g/mol. The lowest BCUT2D eigenvalue weighted by molar-refractivity contribution is 0.0686. The van der Waals surface area contributed by atoms with Crippen LogP contribution in [0, 0.1) is 0 Å². The summed E-state index contributed by atoms with van der Waals surface area (Å²) < 4.78 is 15.1. The minimum absolute atomic E-state index is 0.153. The maximum atomic E-state index is 10.6. The Morgan fingerprint density at radius 2 is 2.31 bits per heavy atom. The first-order chi connectivity index (χ1) is 7.70. The molecule has 0 saturated carbocycles. The van der Waals surface area contributed by atoms with Crippen molar-refractivity contribution >= 4 is 5.97 Å². The molecule has 0 radical (unpaired) electrons. The van der Waals surface area contributed by atoms with E-state index in [1.807, 2.05) is 0 Å². The standard InChI is InChI=1S/C10H9NO5/c1-14-5-6-2-3-8(15-6)9-4-7(10(12)13)11-16-9/h2-4H,5H2,1H3,(H,12,13). The van der Waals surface area contributed by atoms with Gasteiger partial charge in [0.25, 0.3) is 0 Å². The number of carboxylic acid groups (broad SMARTS) is 1. The molecule has 84 valence electrons. The third-order valence-corrected chi connectivity index (χ3v) is 1.92. The van der Waals surface area contributed by atoms with Crippen molar-refractivity contribution in [2.45, 2.75) is 6.61 Å². The molecule has 6 nitrogen and oxygen atoms in total. The van der Waals surface area contributed by atoms with Gasteiger partial charge in [0, 0.05) is 13.2 Å². The van der Waals surface area contributed by atoms with Crippen molar-refractivity contribution in [3.63, 3.8) is 0 Å². The number of hydrogen-bond acceptors (Lipinski definition) is 5. The van der Waals surface area contributed by atoms with E-state index in [2.05, 4.69) is 5.16 Å². The molecule has 2 rings (SSSR count). The fraction of sp³-hybridized carbons (Fsp3) is 0.200. The van der Waals surface area contributed by atoms with Gasteiger partial charge in [-0.1, -0.05) is 5.16 Å². The van der Waals surface area contributed by atoms with E-state index in [1.165, 1.54) is 6.07 Å². The molecule has 2 heterocycles. The van der Waals surface area contributed by atoms with Gasteiger partial charge in [0.2, 0.25) is 5.76 Å². The Labute approximate surface area is 90.4 Å². The largest absolute Gasteiger partial charge is 0.476 e. The number of carbonyl (C=O) groups is 1. The summed E-state index contributed by atoms with van der Waals surface area (Å²) in [5.41, 5.74) is -0.153. The number of ether oxygens (including phenoxy) is 1. The summed E-state index contributed by atoms with van der Waals surface area (Å²) in [5, 5.41) is 12.0. The maximum absolute atomic E-state index is 10.6. The van der Waals surface area contributed by atoms with Crippen LogP contribution in [0.3, 0.4) is 0 Å². The van der Waals surface area contributed by atoms with Crippen molar-refractivity contribution in [1.29, 1.82) is 0 Å². The number of aromatic nitrogens is 1. The van der Waals surface area contributed by atoms with Crippen molar-refractivity contribution in [3.8, 4) is 11.5 Å². The van der Waals surface area contributed by atoms with Crippen molar-refractivity contribution in [1.82, 2.24) is 5.16 Å². The maximum Gasteiger partial charge on any atom is 0.358 e. The normalized spacial score (nSPS) is 10.6. The van der Waals surface area contributed by atoms with E-state index in [0.717, 1.165) is 0 Å². The lowest BCUT2D eigenvalue weighted by Crippen LogP contribution is -1.94. The molecular formula is C10H9NO5. The van der Waals surface area contributed by atoms with Crippen molar-refractivity contribution < 1.29 is 23.6 Å². The van der Waals surface area contributed by atoms with Crippen LogP contribution in [0.15, 0.2) is 27.1 Å². The Kier molecular flexibility index (Phi) is 2.74. The summed E-state index contributed by atoms with van der Waals surface area (Å²) in [6.45, 7) is 0.347. The highest BCUT2D eigenvalue weighted by molar-refractivity contribution is 5.86. The van der Waals surface area contributed by atoms with Gasteiger partial charge in [0.15, 0.2) is 11.5 Å². The third-order valence-electron chi connectivity index (χ3n) is 1.92. The monoisotopic (exact) mass is 223 g/mol. The highest BCUT2D eigenvalue weighted by Crippen LogP contribution is 2.23. The SMILES string of the molecule is COCc1ccc(-c2cc(C(=O)O)no2)o1. The number of furan rings is 1. The minimum atomic E-state index is -1.14. The molecule has 0 atom stereocenters. The van der Waals surface area contributed by atoms with E-state index < -0.39 is 5.97 Å². The minimum Gasteiger partial charge on any atom is -0.476 e. The van der Waals surface area contributed by atoms with Crippen LogP contribution in [0.4, 0.5) is 0 Å². The quantitative estimate of drug-likeness (QED) is 0.850. The van der Waals surface area contributed by atoms with Gasteiger partial charge in [-0.05, 0) is 12.1 Å². The molecule has 6 heteroatoms. The molecule has 0 spiro atoms. The number of methoxy groups -OCH3 is 1. The van der Waals surface area contributed by atoms with Crippen molar-refractivity contribution in [3.05, 3.63) is 29.7 Å². The topological polar surface area (TPSA) is 85.7 Å². The first-order valence-electron chi connectivity index (χ1n) is 4.48. The Balaban J connectivity index is 2.24. The average molecular weight is 223 g/mol. The lowest BCUT2D eigenvalue weighted by Gasteiger charge is -1.91. The molecule has 0 bridgehead atoms. The smallest absolute Gasteiger partial charge is 0.358 e. The second-order valence-electron chi connectivity index (χ2n) is 3.08. The first kappa shape index (κ1) is 10.4. The van der Waals surface area contributed by atoms with Crippen LogP contribution in [-0.4, -0.2) is 23.3 Å². The molecule has 0 unspecified atom stereocenters. The fourth-order valence-corrected chi connectivity index (χ4v) is 1.22. The summed E-state index contributed by atoms with van der Waals surface area (Å²) in [4.78, 5) is 10.6. The Bertz CT molecular complexity index is 499. The molecule has 0 amide bonds. The Morgan fingerprint density at radius 1 is 1.50 bits per heavy atom. The number of hydrogen-bond donors (Lipinski definition) is 1. The van der Waals surface area contributed by atoms with Gasteiger partial charge in [-0.3, -0.25) is 0 Å². The average Bonchev–Trinajstić information content (AvgIpc) is 2.84. The molecule has 0 aliphatic rings. The van der Waals surface area contributed by atoms with Gasteiger partial charge in [0.05, 0.1) is 0 Å². The number of aromatic carboxylic acids is 1. The summed E-state index contributed by atoms with van der Waals surface area (Å²) in [5.74, 6) is 0.191. The van der Waals surface area contributed by atoms with Crippen LogP contribution in [0.25, 0.3) is 11.5 Å². The van der Waals surface area contributed by atoms with Gasteiger partial charge in [-0.2, -0.15) is 0 Å². The van der Waals surface area contributed by atoms with Crippen LogP contribution < -0.4 is 0 Å². The van der Waals surface area contributed by atoms with E-state index in [0.29, 0.717) is 18.1 Å². The van der Waals surface area contributed by atoms with Gasteiger partial charge in [-0.15, -0.1) is 0 Å². The second kappa shape index (κ2) is 4.19. The number of carboxylic acids is 1. The van der Waals surface area contributed by atoms with Crippen molar-refractivity contribution in [2.75, 3.05) is 7.11 Å². The van der Waals surface area contributed by atoms with E-state index in [1.54, 1.807) is 19.2 Å². The molecule has 2 aromatic rings. The summed E-state index contributed by atoms with van der Waals surface area (Å²) in [6.07, 6.45) is 0. The number of rotatable bonds is 4. The zero-order valence-corrected chi connectivity index (χ0v) is 8.47. The molecule has 16 heavy (non-hydrogen) atoms. The Morgan fingerprint density at radius 3 is 2.94 bits per heavy atom. The number of nitrogens with zero attached hydrogens (tertiary/aromatic N) is 1. The first-order valence-corrected chi connectivity index (χ1v) is 4.48. The van der Waals surface area contributed by atoms with Crippen molar-refractivity contribution in [2.24, 2.45) is 0 Å². The molecule has 2 aromatic heterocycles. The van der Waals surface area contributed by atoms with E-state index in [9.17, 15) is 4.79 Å². The summed E-state index contributed by atoms with van der Waals surface area (Å²) in [6, 6.07) is 4.69. The third kappa shape index (κ3) is 1.96. The molecule has 0 aromatic carbocycles. The molecule has 0 saturated heterocycles. The van der Waals surface area contributed by atoms with Crippen LogP contribution in [0.5, 0.6) is 0 Å².